The number of carbonyl (C=O) groups is 3. The Morgan fingerprint density at radius 1 is 1.50 bits per heavy atom. The number of carbonyl (C=O) groups excluding carboxylic acids is 3. The molecule has 1 heterocycles. The molecule has 0 saturated heterocycles. The van der Waals surface area contributed by atoms with Gasteiger partial charge < -0.3 is 15.3 Å². The van der Waals surface area contributed by atoms with E-state index in [2.05, 4.69) is 5.32 Å². The molecule has 0 saturated carbocycles. The fourth-order valence-corrected chi connectivity index (χ4v) is 2.42. The standard InChI is InChI=1S/C20H28N2O4/c1-12(2)18(24)16(23)11-13(3)19(25)21-17-15-8-6-5-7-14(15)9-10-22(4)20(17)26/h5-8,12-13,17-18,24H,9-11H2,1-4H3,(H,21,25)/t13-,17+,18+/m1/s1/i1D3,5D,6D,7D,8D,10D2,12D,18D/t12?,13-,17+,18+. The Kier molecular flexibility index (Phi) is 3.13. The predicted molar refractivity (Wildman–Crippen MR) is 98.3 cm³/mol. The van der Waals surface area contributed by atoms with Crippen LogP contribution in [0.25, 0.3) is 0 Å². The number of likely N-dealkylation sites (N-methyl/N-ethyl adjacent to an activating group) is 1. The van der Waals surface area contributed by atoms with Gasteiger partial charge in [-0.15, -0.1) is 0 Å². The van der Waals surface area contributed by atoms with Gasteiger partial charge in [0.25, 0.3) is 0 Å². The van der Waals surface area contributed by atoms with Gasteiger partial charge in [0.2, 0.25) is 11.8 Å². The van der Waals surface area contributed by atoms with Gasteiger partial charge in [0.15, 0.2) is 5.78 Å². The summed E-state index contributed by atoms with van der Waals surface area (Å²) in [7, 11) is 1.10. The van der Waals surface area contributed by atoms with Crippen LogP contribution >= 0.6 is 0 Å². The highest BCUT2D eigenvalue weighted by Gasteiger charge is 2.32. The van der Waals surface area contributed by atoms with Crippen molar-refractivity contribution in [2.24, 2.45) is 11.8 Å². The van der Waals surface area contributed by atoms with Crippen LogP contribution < -0.4 is 5.32 Å². The molecule has 1 aliphatic heterocycles. The second-order valence-corrected chi connectivity index (χ2v) is 6.07. The molecule has 6 nitrogen and oxygen atoms in total. The quantitative estimate of drug-likeness (QED) is 0.793. The van der Waals surface area contributed by atoms with Gasteiger partial charge >= 0.3 is 0 Å². The summed E-state index contributed by atoms with van der Waals surface area (Å²) < 4.78 is 86.5. The lowest BCUT2D eigenvalue weighted by Gasteiger charge is -2.24. The average Bonchev–Trinajstić information content (AvgIpc) is 2.84. The highest BCUT2D eigenvalue weighted by atomic mass is 16.3. The molecule has 1 unspecified atom stereocenters. The molecule has 1 aliphatic rings. The van der Waals surface area contributed by atoms with Crippen molar-refractivity contribution in [3.8, 4) is 0 Å². The van der Waals surface area contributed by atoms with Crippen molar-refractivity contribution < 1.29 is 34.6 Å². The Labute approximate surface area is 170 Å². The number of hydrogen-bond donors (Lipinski definition) is 2. The van der Waals surface area contributed by atoms with Crippen molar-refractivity contribution >= 4 is 17.6 Å². The molecule has 0 fully saturated rings. The number of benzene rings is 1. The Morgan fingerprint density at radius 3 is 2.88 bits per heavy atom. The van der Waals surface area contributed by atoms with Crippen LogP contribution in [0.4, 0.5) is 0 Å². The number of nitrogens with one attached hydrogen (secondary N) is 1. The average molecular weight is 372 g/mol. The zero-order valence-electron chi connectivity index (χ0n) is 25.7. The van der Waals surface area contributed by atoms with Crippen molar-refractivity contribution in [3.63, 3.8) is 0 Å². The monoisotopic (exact) mass is 371 g/mol. The lowest BCUT2D eigenvalue weighted by molar-refractivity contribution is -0.137. The molecular weight excluding hydrogens is 332 g/mol. The third-order valence-electron chi connectivity index (χ3n) is 4.00. The van der Waals surface area contributed by atoms with Crippen molar-refractivity contribution in [2.45, 2.75) is 45.7 Å². The van der Waals surface area contributed by atoms with E-state index in [-0.39, 0.29) is 11.1 Å². The van der Waals surface area contributed by atoms with Crippen LogP contribution in [0.1, 0.15) is 59.4 Å². The first-order valence-electron chi connectivity index (χ1n) is 13.4. The number of fused-ring (bicyclic) bond motifs is 1. The van der Waals surface area contributed by atoms with Gasteiger partial charge in [-0.2, -0.15) is 0 Å². The molecule has 0 aromatic heterocycles. The number of amides is 2. The van der Waals surface area contributed by atoms with E-state index in [0.717, 1.165) is 7.05 Å². The van der Waals surface area contributed by atoms with Gasteiger partial charge in [-0.05, 0) is 23.4 Å². The zero-order valence-corrected chi connectivity index (χ0v) is 14.7. The molecular formula is C20H28N2O4. The van der Waals surface area contributed by atoms with Gasteiger partial charge in [-0.1, -0.05) is 44.9 Å². The van der Waals surface area contributed by atoms with Crippen LogP contribution in [0.15, 0.2) is 24.2 Å². The van der Waals surface area contributed by atoms with Gasteiger partial charge in [0.05, 0.1) is 6.85 Å². The van der Waals surface area contributed by atoms with Gasteiger partial charge in [-0.3, -0.25) is 14.4 Å². The molecule has 6 heteroatoms. The number of aliphatic hydroxyl groups is 1. The zero-order chi connectivity index (χ0) is 29.0. The number of hydrogen-bond acceptors (Lipinski definition) is 4. The Balaban J connectivity index is 2.46. The molecule has 1 aromatic rings. The van der Waals surface area contributed by atoms with Crippen molar-refractivity contribution in [1.82, 2.24) is 10.2 Å². The molecule has 0 bridgehead atoms. The minimum absolute atomic E-state index is 0.217. The highest BCUT2D eigenvalue weighted by molar-refractivity contribution is 5.92. The maximum Gasteiger partial charge on any atom is 0.249 e. The normalized spacial score (nSPS) is 31.5. The first kappa shape index (κ1) is 9.65. The lowest BCUT2D eigenvalue weighted by atomic mass is 9.94. The summed E-state index contributed by atoms with van der Waals surface area (Å²) >= 11 is 0. The first-order chi connectivity index (χ1) is 16.5. The fourth-order valence-electron chi connectivity index (χ4n) is 2.42. The second-order valence-electron chi connectivity index (χ2n) is 6.07. The third-order valence-corrected chi connectivity index (χ3v) is 4.00. The third kappa shape index (κ3) is 4.49. The minimum atomic E-state index is -3.41. The second kappa shape index (κ2) is 8.45. The van der Waals surface area contributed by atoms with Crippen LogP contribution in [-0.4, -0.2) is 47.2 Å². The smallest absolute Gasteiger partial charge is 0.249 e. The van der Waals surface area contributed by atoms with Gasteiger partial charge in [-0.25, -0.2) is 0 Å². The highest BCUT2D eigenvalue weighted by Crippen LogP contribution is 2.25. The lowest BCUT2D eigenvalue weighted by Crippen LogP contribution is -2.43. The summed E-state index contributed by atoms with van der Waals surface area (Å²) in [5, 5.41) is 12.6. The summed E-state index contributed by atoms with van der Waals surface area (Å²) in [5.41, 5.74) is -0.555. The molecule has 142 valence electrons. The van der Waals surface area contributed by atoms with Gasteiger partial charge in [0, 0.05) is 34.1 Å². The SMILES string of the molecule is [2H]c1c([2H])c([2H])c2c(c1[2H])CC([2H])([2H])N(C)C(=O)[C@H]2NC(=O)[C@H](C)CC(=O)[C@@]([2H])(O)C([2H])(C)C([2H])([2H])[2H]. The molecule has 4 atom stereocenters. The summed E-state index contributed by atoms with van der Waals surface area (Å²) in [6, 6.07) is -4.36. The number of rotatable bonds is 6. The largest absolute Gasteiger partial charge is 0.385 e. The molecule has 0 spiro atoms. The summed E-state index contributed by atoms with van der Waals surface area (Å²) in [4.78, 5) is 39.4. The number of ketones is 1. The molecule has 2 N–H and O–H groups in total. The van der Waals surface area contributed by atoms with E-state index < -0.39 is 91.9 Å². The van der Waals surface area contributed by atoms with Crippen LogP contribution in [0.2, 0.25) is 0 Å². The van der Waals surface area contributed by atoms with Crippen LogP contribution in [0, 0.1) is 11.8 Å². The maximum atomic E-state index is 13.2. The van der Waals surface area contributed by atoms with Gasteiger partial charge in [0.1, 0.15) is 12.1 Å². The van der Waals surface area contributed by atoms with E-state index in [1.165, 1.54) is 6.92 Å². The Morgan fingerprint density at radius 2 is 2.19 bits per heavy atom. The van der Waals surface area contributed by atoms with E-state index in [1.807, 2.05) is 0 Å². The molecule has 1 aromatic carbocycles. The van der Waals surface area contributed by atoms with E-state index in [1.54, 1.807) is 0 Å². The van der Waals surface area contributed by atoms with E-state index in [0.29, 0.717) is 11.8 Å². The number of nitrogens with zero attached hydrogens (tertiary/aromatic N) is 1. The summed E-state index contributed by atoms with van der Waals surface area (Å²) in [5.74, 6) is -7.81. The number of Topliss-reactive ketones (excluding diaryl/α,β-unsaturated/α-hetero) is 1. The van der Waals surface area contributed by atoms with Crippen LogP contribution in [-0.2, 0) is 20.8 Å². The fraction of sp³-hybridized carbons (Fsp3) is 0.550. The van der Waals surface area contributed by atoms with E-state index in [4.69, 9.17) is 15.1 Å². The van der Waals surface area contributed by atoms with E-state index in [9.17, 15) is 19.5 Å². The molecule has 0 radical (unpaired) electrons. The summed E-state index contributed by atoms with van der Waals surface area (Å²) in [6.45, 7) is -3.73. The van der Waals surface area contributed by atoms with Crippen LogP contribution in [0.3, 0.4) is 0 Å². The first-order valence-corrected chi connectivity index (χ1v) is 7.93. The van der Waals surface area contributed by atoms with Crippen molar-refractivity contribution in [3.05, 3.63) is 35.3 Å². The molecule has 2 rings (SSSR count). The Bertz CT molecular complexity index is 1130. The van der Waals surface area contributed by atoms with E-state index >= 15 is 0 Å². The predicted octanol–water partition coefficient (Wildman–Crippen LogP) is 1.47. The molecule has 2 amide bonds. The maximum absolute atomic E-state index is 13.2. The minimum Gasteiger partial charge on any atom is -0.385 e. The summed E-state index contributed by atoms with van der Waals surface area (Å²) in [6.07, 6.45) is -4.90. The van der Waals surface area contributed by atoms with Crippen molar-refractivity contribution in [1.29, 1.82) is 0 Å². The van der Waals surface area contributed by atoms with Crippen molar-refractivity contribution in [2.75, 3.05) is 13.5 Å². The topological polar surface area (TPSA) is 86.7 Å². The Hall–Kier alpha value is -2.21. The van der Waals surface area contributed by atoms with Crippen LogP contribution in [0.5, 0.6) is 0 Å². The molecule has 26 heavy (non-hydrogen) atoms. The molecule has 0 aliphatic carbocycles.